The van der Waals surface area contributed by atoms with Gasteiger partial charge in [0, 0.05) is 30.8 Å². The standard InChI is InChI=1S/C14H11Br2N/c1-7-3-9-10-4-8(2)12(16)6-14(10)17-13(9)5-11(7)15/h3-6,17H,1-2H3. The summed E-state index contributed by atoms with van der Waals surface area (Å²) in [6.07, 6.45) is 0. The van der Waals surface area contributed by atoms with E-state index in [-0.39, 0.29) is 0 Å². The van der Waals surface area contributed by atoms with Gasteiger partial charge in [0.25, 0.3) is 0 Å². The van der Waals surface area contributed by atoms with E-state index in [1.54, 1.807) is 0 Å². The smallest absolute Gasteiger partial charge is 0.0476 e. The minimum Gasteiger partial charge on any atom is -0.354 e. The number of nitrogens with one attached hydrogen (secondary N) is 1. The lowest BCUT2D eigenvalue weighted by molar-refractivity contribution is 1.44. The first-order valence-electron chi connectivity index (χ1n) is 5.44. The minimum atomic E-state index is 1.15. The zero-order chi connectivity index (χ0) is 12.2. The lowest BCUT2D eigenvalue weighted by atomic mass is 10.1. The predicted molar refractivity (Wildman–Crippen MR) is 80.7 cm³/mol. The molecule has 1 nitrogen and oxygen atoms in total. The second-order valence-corrected chi connectivity index (χ2v) is 6.13. The number of hydrogen-bond acceptors (Lipinski definition) is 0. The Morgan fingerprint density at radius 1 is 0.765 bits per heavy atom. The van der Waals surface area contributed by atoms with Gasteiger partial charge in [-0.2, -0.15) is 0 Å². The third-order valence-electron chi connectivity index (χ3n) is 3.16. The molecule has 0 bridgehead atoms. The van der Waals surface area contributed by atoms with Crippen molar-refractivity contribution in [3.8, 4) is 0 Å². The number of benzene rings is 2. The first-order valence-corrected chi connectivity index (χ1v) is 7.02. The molecule has 0 unspecified atom stereocenters. The normalized spacial score (nSPS) is 11.5. The van der Waals surface area contributed by atoms with Crippen LogP contribution in [0.15, 0.2) is 33.2 Å². The topological polar surface area (TPSA) is 15.8 Å². The van der Waals surface area contributed by atoms with Crippen LogP contribution in [-0.4, -0.2) is 4.98 Å². The van der Waals surface area contributed by atoms with Crippen molar-refractivity contribution in [1.29, 1.82) is 0 Å². The van der Waals surface area contributed by atoms with Gasteiger partial charge in [-0.1, -0.05) is 31.9 Å². The highest BCUT2D eigenvalue weighted by Crippen LogP contribution is 2.32. The summed E-state index contributed by atoms with van der Waals surface area (Å²) in [5.41, 5.74) is 4.88. The highest BCUT2D eigenvalue weighted by Gasteiger charge is 2.08. The molecule has 2 aromatic carbocycles. The van der Waals surface area contributed by atoms with Crippen LogP contribution in [0, 0.1) is 13.8 Å². The van der Waals surface area contributed by atoms with Crippen LogP contribution < -0.4 is 0 Å². The Labute approximate surface area is 116 Å². The average molecular weight is 353 g/mol. The Kier molecular flexibility index (Phi) is 2.56. The molecule has 0 saturated heterocycles. The van der Waals surface area contributed by atoms with Gasteiger partial charge < -0.3 is 4.98 Å². The molecule has 3 aromatic rings. The fourth-order valence-corrected chi connectivity index (χ4v) is 2.85. The van der Waals surface area contributed by atoms with E-state index in [1.807, 2.05) is 0 Å². The molecule has 3 rings (SSSR count). The summed E-state index contributed by atoms with van der Waals surface area (Å²) in [6, 6.07) is 8.75. The Hall–Kier alpha value is -0.800. The number of hydrogen-bond donors (Lipinski definition) is 1. The summed E-state index contributed by atoms with van der Waals surface area (Å²) in [6.45, 7) is 4.24. The highest BCUT2D eigenvalue weighted by molar-refractivity contribution is 9.10. The molecule has 0 aliphatic carbocycles. The number of fused-ring (bicyclic) bond motifs is 3. The van der Waals surface area contributed by atoms with E-state index in [1.165, 1.54) is 32.9 Å². The van der Waals surface area contributed by atoms with Crippen molar-refractivity contribution in [3.63, 3.8) is 0 Å². The molecule has 1 heterocycles. The number of rotatable bonds is 0. The van der Waals surface area contributed by atoms with Crippen molar-refractivity contribution in [2.45, 2.75) is 13.8 Å². The number of H-pyrrole nitrogens is 1. The van der Waals surface area contributed by atoms with Crippen LogP contribution in [0.25, 0.3) is 21.8 Å². The molecule has 1 aromatic heterocycles. The molecule has 0 aliphatic heterocycles. The number of aromatic nitrogens is 1. The molecule has 17 heavy (non-hydrogen) atoms. The summed E-state index contributed by atoms with van der Waals surface area (Å²) in [7, 11) is 0. The van der Waals surface area contributed by atoms with Crippen molar-refractivity contribution in [2.24, 2.45) is 0 Å². The molecule has 0 fully saturated rings. The van der Waals surface area contributed by atoms with Crippen molar-refractivity contribution < 1.29 is 0 Å². The number of halogens is 2. The molecule has 3 heteroatoms. The molecular formula is C14H11Br2N. The van der Waals surface area contributed by atoms with Gasteiger partial charge in [0.2, 0.25) is 0 Å². The maximum atomic E-state index is 3.57. The zero-order valence-electron chi connectivity index (χ0n) is 9.57. The lowest BCUT2D eigenvalue weighted by Gasteiger charge is -1.99. The van der Waals surface area contributed by atoms with Gasteiger partial charge in [-0.15, -0.1) is 0 Å². The predicted octanol–water partition coefficient (Wildman–Crippen LogP) is 5.46. The van der Waals surface area contributed by atoms with Crippen molar-refractivity contribution >= 4 is 53.7 Å². The maximum absolute atomic E-state index is 3.57. The largest absolute Gasteiger partial charge is 0.354 e. The number of aromatic amines is 1. The van der Waals surface area contributed by atoms with Crippen LogP contribution in [0.2, 0.25) is 0 Å². The molecule has 1 N–H and O–H groups in total. The average Bonchev–Trinajstić information content (AvgIpc) is 2.58. The van der Waals surface area contributed by atoms with Crippen LogP contribution in [0.5, 0.6) is 0 Å². The quantitative estimate of drug-likeness (QED) is 0.552. The third kappa shape index (κ3) is 1.72. The van der Waals surface area contributed by atoms with Crippen LogP contribution in [0.4, 0.5) is 0 Å². The maximum Gasteiger partial charge on any atom is 0.0476 e. The highest BCUT2D eigenvalue weighted by atomic mass is 79.9. The molecular weight excluding hydrogens is 342 g/mol. The lowest BCUT2D eigenvalue weighted by Crippen LogP contribution is -1.76. The summed E-state index contributed by atoms with van der Waals surface area (Å²) in [5, 5.41) is 2.58. The van der Waals surface area contributed by atoms with Crippen molar-refractivity contribution in [2.75, 3.05) is 0 Å². The Morgan fingerprint density at radius 2 is 1.18 bits per heavy atom. The molecule has 0 aliphatic rings. The van der Waals surface area contributed by atoms with Crippen LogP contribution >= 0.6 is 31.9 Å². The van der Waals surface area contributed by atoms with E-state index < -0.39 is 0 Å². The van der Waals surface area contributed by atoms with E-state index in [9.17, 15) is 0 Å². The third-order valence-corrected chi connectivity index (χ3v) is 4.87. The van der Waals surface area contributed by atoms with E-state index >= 15 is 0 Å². The van der Waals surface area contributed by atoms with Gasteiger partial charge >= 0.3 is 0 Å². The van der Waals surface area contributed by atoms with Gasteiger partial charge in [0.05, 0.1) is 0 Å². The van der Waals surface area contributed by atoms with Crippen molar-refractivity contribution in [3.05, 3.63) is 44.3 Å². The van der Waals surface area contributed by atoms with Crippen LogP contribution in [-0.2, 0) is 0 Å². The number of aryl methyl sites for hydroxylation is 2. The van der Waals surface area contributed by atoms with Crippen molar-refractivity contribution in [1.82, 2.24) is 4.98 Å². The molecule has 0 saturated carbocycles. The molecule has 86 valence electrons. The summed E-state index contributed by atoms with van der Waals surface area (Å²) in [5.74, 6) is 0. The zero-order valence-corrected chi connectivity index (χ0v) is 12.7. The van der Waals surface area contributed by atoms with Gasteiger partial charge in [-0.3, -0.25) is 0 Å². The fraction of sp³-hybridized carbons (Fsp3) is 0.143. The molecule has 0 amide bonds. The minimum absolute atomic E-state index is 1.15. The Balaban J connectivity index is 2.51. The van der Waals surface area contributed by atoms with Crippen LogP contribution in [0.1, 0.15) is 11.1 Å². The van der Waals surface area contributed by atoms with E-state index in [4.69, 9.17) is 0 Å². The molecule has 0 atom stereocenters. The van der Waals surface area contributed by atoms with Gasteiger partial charge in [0.15, 0.2) is 0 Å². The molecule has 0 radical (unpaired) electrons. The van der Waals surface area contributed by atoms with Gasteiger partial charge in [-0.25, -0.2) is 0 Å². The summed E-state index contributed by atoms with van der Waals surface area (Å²) >= 11 is 7.15. The monoisotopic (exact) mass is 351 g/mol. The summed E-state index contributed by atoms with van der Waals surface area (Å²) < 4.78 is 2.29. The summed E-state index contributed by atoms with van der Waals surface area (Å²) in [4.78, 5) is 3.45. The second-order valence-electron chi connectivity index (χ2n) is 4.42. The first-order chi connectivity index (χ1) is 8.06. The van der Waals surface area contributed by atoms with E-state index in [0.29, 0.717) is 0 Å². The van der Waals surface area contributed by atoms with Gasteiger partial charge in [-0.05, 0) is 49.2 Å². The molecule has 0 spiro atoms. The fourth-order valence-electron chi connectivity index (χ4n) is 2.16. The first kappa shape index (κ1) is 11.3. The second kappa shape index (κ2) is 3.85. The Bertz CT molecular complexity index is 679. The van der Waals surface area contributed by atoms with E-state index in [2.05, 4.69) is 75.0 Å². The van der Waals surface area contributed by atoms with Crippen LogP contribution in [0.3, 0.4) is 0 Å². The van der Waals surface area contributed by atoms with Gasteiger partial charge in [0.1, 0.15) is 0 Å². The SMILES string of the molecule is Cc1cc2c(cc1Br)[nH]c1cc(Br)c(C)cc12. The Morgan fingerprint density at radius 3 is 1.59 bits per heavy atom. The van der Waals surface area contributed by atoms with E-state index in [0.717, 1.165) is 8.95 Å².